The van der Waals surface area contributed by atoms with E-state index < -0.39 is 0 Å². The smallest absolute Gasteiger partial charge is 0.0932 e. The predicted octanol–water partition coefficient (Wildman–Crippen LogP) is 2.21. The van der Waals surface area contributed by atoms with Crippen LogP contribution < -0.4 is 5.32 Å². The number of hydrogen-bond donors (Lipinski definition) is 1. The van der Waals surface area contributed by atoms with E-state index in [1.165, 1.54) is 25.7 Å². The van der Waals surface area contributed by atoms with Crippen molar-refractivity contribution in [2.45, 2.75) is 51.7 Å². The average Bonchev–Trinajstić information content (AvgIpc) is 3.06. The summed E-state index contributed by atoms with van der Waals surface area (Å²) in [6, 6.07) is 0.746. The Bertz CT molecular complexity index is 171. The molecule has 0 spiro atoms. The van der Waals surface area contributed by atoms with Gasteiger partial charge in [0.1, 0.15) is 0 Å². The van der Waals surface area contributed by atoms with Crippen molar-refractivity contribution in [3.05, 3.63) is 0 Å². The van der Waals surface area contributed by atoms with Crippen LogP contribution in [0, 0.1) is 5.92 Å². The van der Waals surface area contributed by atoms with E-state index >= 15 is 0 Å². The van der Waals surface area contributed by atoms with Crippen LogP contribution in [-0.2, 0) is 9.47 Å². The lowest BCUT2D eigenvalue weighted by atomic mass is 10.1. The van der Waals surface area contributed by atoms with E-state index in [4.69, 9.17) is 9.47 Å². The zero-order valence-electron chi connectivity index (χ0n) is 11.0. The van der Waals surface area contributed by atoms with Crippen LogP contribution in [0.2, 0.25) is 0 Å². The molecular weight excluding hydrogens is 202 g/mol. The van der Waals surface area contributed by atoms with Crippen LogP contribution in [0.3, 0.4) is 0 Å². The molecule has 0 aromatic heterocycles. The third kappa shape index (κ3) is 6.46. The molecule has 1 fully saturated rings. The molecule has 0 aliphatic heterocycles. The molecule has 96 valence electrons. The Labute approximate surface area is 99.9 Å². The lowest BCUT2D eigenvalue weighted by Gasteiger charge is -2.20. The molecule has 3 nitrogen and oxygen atoms in total. The van der Waals surface area contributed by atoms with Gasteiger partial charge in [0.2, 0.25) is 0 Å². The Balaban J connectivity index is 2.09. The minimum atomic E-state index is 0.213. The SMILES string of the molecule is CCCC(C)COC(CNC1CC1)COC. The standard InChI is InChI=1S/C13H27NO2/c1-4-5-11(2)9-16-13(10-15-3)8-14-12-6-7-12/h11-14H,4-10H2,1-3H3. The van der Waals surface area contributed by atoms with E-state index in [-0.39, 0.29) is 6.10 Å². The van der Waals surface area contributed by atoms with Crippen molar-refractivity contribution in [3.63, 3.8) is 0 Å². The fourth-order valence-electron chi connectivity index (χ4n) is 1.81. The third-order valence-corrected chi connectivity index (χ3v) is 2.96. The topological polar surface area (TPSA) is 30.5 Å². The quantitative estimate of drug-likeness (QED) is 0.623. The van der Waals surface area contributed by atoms with E-state index in [9.17, 15) is 0 Å². The van der Waals surface area contributed by atoms with Crippen LogP contribution in [0.4, 0.5) is 0 Å². The van der Waals surface area contributed by atoms with Crippen molar-refractivity contribution in [1.29, 1.82) is 0 Å². The molecule has 1 rings (SSSR count). The van der Waals surface area contributed by atoms with Gasteiger partial charge in [-0.2, -0.15) is 0 Å². The molecule has 1 aliphatic carbocycles. The summed E-state index contributed by atoms with van der Waals surface area (Å²) in [6.45, 7) is 6.95. The van der Waals surface area contributed by atoms with E-state index in [1.807, 2.05) is 0 Å². The monoisotopic (exact) mass is 229 g/mol. The second kappa shape index (κ2) is 8.04. The number of hydrogen-bond acceptors (Lipinski definition) is 3. The van der Waals surface area contributed by atoms with Gasteiger partial charge in [0.25, 0.3) is 0 Å². The summed E-state index contributed by atoms with van der Waals surface area (Å²) in [5, 5.41) is 3.49. The van der Waals surface area contributed by atoms with Gasteiger partial charge in [0.15, 0.2) is 0 Å². The van der Waals surface area contributed by atoms with Crippen molar-refractivity contribution in [2.75, 3.05) is 26.9 Å². The van der Waals surface area contributed by atoms with Crippen LogP contribution in [-0.4, -0.2) is 39.0 Å². The summed E-state index contributed by atoms with van der Waals surface area (Å²) >= 11 is 0. The highest BCUT2D eigenvalue weighted by Crippen LogP contribution is 2.18. The van der Waals surface area contributed by atoms with Crippen molar-refractivity contribution in [2.24, 2.45) is 5.92 Å². The lowest BCUT2D eigenvalue weighted by Crippen LogP contribution is -2.34. The number of nitrogens with one attached hydrogen (secondary N) is 1. The number of rotatable bonds is 10. The highest BCUT2D eigenvalue weighted by molar-refractivity contribution is 4.82. The first-order valence-corrected chi connectivity index (χ1v) is 6.60. The van der Waals surface area contributed by atoms with E-state index in [1.54, 1.807) is 7.11 Å². The highest BCUT2D eigenvalue weighted by atomic mass is 16.5. The molecule has 16 heavy (non-hydrogen) atoms. The molecule has 0 aromatic rings. The summed E-state index contributed by atoms with van der Waals surface area (Å²) in [7, 11) is 1.74. The van der Waals surface area contributed by atoms with Crippen LogP contribution in [0.5, 0.6) is 0 Å². The molecule has 1 aliphatic rings. The van der Waals surface area contributed by atoms with E-state index in [2.05, 4.69) is 19.2 Å². The van der Waals surface area contributed by atoms with Gasteiger partial charge >= 0.3 is 0 Å². The maximum Gasteiger partial charge on any atom is 0.0932 e. The van der Waals surface area contributed by atoms with Crippen LogP contribution in [0.1, 0.15) is 39.5 Å². The first kappa shape index (κ1) is 13.9. The van der Waals surface area contributed by atoms with Crippen LogP contribution >= 0.6 is 0 Å². The van der Waals surface area contributed by atoms with Gasteiger partial charge in [-0.3, -0.25) is 0 Å². The maximum atomic E-state index is 5.89. The van der Waals surface area contributed by atoms with Gasteiger partial charge in [-0.15, -0.1) is 0 Å². The first-order valence-electron chi connectivity index (χ1n) is 6.60. The highest BCUT2D eigenvalue weighted by Gasteiger charge is 2.22. The fourth-order valence-corrected chi connectivity index (χ4v) is 1.81. The number of methoxy groups -OCH3 is 1. The third-order valence-electron chi connectivity index (χ3n) is 2.96. The van der Waals surface area contributed by atoms with Crippen LogP contribution in [0.25, 0.3) is 0 Å². The summed E-state index contributed by atoms with van der Waals surface area (Å²) < 4.78 is 11.1. The van der Waals surface area contributed by atoms with Gasteiger partial charge in [-0.25, -0.2) is 0 Å². The fraction of sp³-hybridized carbons (Fsp3) is 1.00. The molecule has 1 saturated carbocycles. The molecule has 0 amide bonds. The Morgan fingerprint density at radius 1 is 1.31 bits per heavy atom. The van der Waals surface area contributed by atoms with Gasteiger partial charge in [0.05, 0.1) is 12.7 Å². The minimum Gasteiger partial charge on any atom is -0.382 e. The number of ether oxygens (including phenoxy) is 2. The van der Waals surface area contributed by atoms with Crippen molar-refractivity contribution >= 4 is 0 Å². The zero-order chi connectivity index (χ0) is 11.8. The van der Waals surface area contributed by atoms with Crippen LogP contribution in [0.15, 0.2) is 0 Å². The molecule has 2 atom stereocenters. The molecular formula is C13H27NO2. The lowest BCUT2D eigenvalue weighted by molar-refractivity contribution is -0.0150. The maximum absolute atomic E-state index is 5.89. The second-order valence-corrected chi connectivity index (χ2v) is 4.99. The molecule has 3 heteroatoms. The van der Waals surface area contributed by atoms with Gasteiger partial charge in [-0.1, -0.05) is 20.3 Å². The minimum absolute atomic E-state index is 0.213. The largest absolute Gasteiger partial charge is 0.382 e. The van der Waals surface area contributed by atoms with Crippen molar-refractivity contribution in [3.8, 4) is 0 Å². The molecule has 0 aromatic carbocycles. The van der Waals surface area contributed by atoms with Gasteiger partial charge < -0.3 is 14.8 Å². The zero-order valence-corrected chi connectivity index (χ0v) is 11.0. The second-order valence-electron chi connectivity index (χ2n) is 4.99. The van der Waals surface area contributed by atoms with E-state index in [0.717, 1.165) is 19.2 Å². The Morgan fingerprint density at radius 2 is 2.06 bits per heavy atom. The predicted molar refractivity (Wildman–Crippen MR) is 66.7 cm³/mol. The first-order chi connectivity index (χ1) is 7.76. The molecule has 0 saturated heterocycles. The Hall–Kier alpha value is -0.120. The molecule has 1 N–H and O–H groups in total. The van der Waals surface area contributed by atoms with Crippen molar-refractivity contribution < 1.29 is 9.47 Å². The molecule has 2 unspecified atom stereocenters. The summed E-state index contributed by atoms with van der Waals surface area (Å²) in [5.41, 5.74) is 0. The summed E-state index contributed by atoms with van der Waals surface area (Å²) in [5.74, 6) is 0.658. The normalized spacial score (nSPS) is 19.7. The molecule has 0 bridgehead atoms. The summed E-state index contributed by atoms with van der Waals surface area (Å²) in [6.07, 6.45) is 5.35. The molecule has 0 heterocycles. The Kier molecular flexibility index (Phi) is 7.01. The van der Waals surface area contributed by atoms with E-state index in [0.29, 0.717) is 12.5 Å². The summed E-state index contributed by atoms with van der Waals surface area (Å²) in [4.78, 5) is 0. The Morgan fingerprint density at radius 3 is 2.62 bits per heavy atom. The van der Waals surface area contributed by atoms with Crippen molar-refractivity contribution in [1.82, 2.24) is 5.32 Å². The van der Waals surface area contributed by atoms with Gasteiger partial charge in [0, 0.05) is 26.3 Å². The molecule has 0 radical (unpaired) electrons. The average molecular weight is 229 g/mol. The van der Waals surface area contributed by atoms with Gasteiger partial charge in [-0.05, 0) is 25.2 Å².